The first-order valence-corrected chi connectivity index (χ1v) is 7.89. The third kappa shape index (κ3) is 3.11. The van der Waals surface area contributed by atoms with Crippen LogP contribution in [0.1, 0.15) is 17.2 Å². The van der Waals surface area contributed by atoms with Crippen molar-refractivity contribution in [3.8, 4) is 0 Å². The van der Waals surface area contributed by atoms with Crippen molar-refractivity contribution in [1.82, 2.24) is 10.2 Å². The standard InChI is InChI=1S/C17H19BrN2/c18-16-8-6-15(7-9-16)17(14-4-2-1-3-5-14)20-12-10-19-11-13-20/h1-9,17,19H,10-13H2. The predicted octanol–water partition coefficient (Wildman–Crippen LogP) is 3.44. The molecule has 0 aromatic heterocycles. The monoisotopic (exact) mass is 330 g/mol. The van der Waals surface area contributed by atoms with Gasteiger partial charge in [0.25, 0.3) is 0 Å². The van der Waals surface area contributed by atoms with Crippen LogP contribution in [0.2, 0.25) is 0 Å². The topological polar surface area (TPSA) is 15.3 Å². The molecule has 2 nitrogen and oxygen atoms in total. The van der Waals surface area contributed by atoms with E-state index in [4.69, 9.17) is 0 Å². The molecule has 0 radical (unpaired) electrons. The highest BCUT2D eigenvalue weighted by atomic mass is 79.9. The number of nitrogens with one attached hydrogen (secondary N) is 1. The normalized spacial score (nSPS) is 17.9. The molecule has 0 amide bonds. The van der Waals surface area contributed by atoms with Crippen molar-refractivity contribution in [3.63, 3.8) is 0 Å². The lowest BCUT2D eigenvalue weighted by molar-refractivity contribution is 0.198. The van der Waals surface area contributed by atoms with Crippen molar-refractivity contribution in [2.45, 2.75) is 6.04 Å². The minimum Gasteiger partial charge on any atom is -0.314 e. The van der Waals surface area contributed by atoms with Crippen molar-refractivity contribution in [2.75, 3.05) is 26.2 Å². The number of halogens is 1. The number of piperazine rings is 1. The van der Waals surface area contributed by atoms with Crippen LogP contribution in [0.4, 0.5) is 0 Å². The molecule has 0 saturated carbocycles. The first-order chi connectivity index (χ1) is 9.84. The molecule has 1 aliphatic heterocycles. The summed E-state index contributed by atoms with van der Waals surface area (Å²) in [5, 5.41) is 3.43. The SMILES string of the molecule is Brc1ccc(C(c2ccccc2)N2CCNCC2)cc1. The van der Waals surface area contributed by atoms with Gasteiger partial charge in [-0.1, -0.05) is 58.4 Å². The molecular weight excluding hydrogens is 312 g/mol. The van der Waals surface area contributed by atoms with Gasteiger partial charge in [-0.2, -0.15) is 0 Å². The summed E-state index contributed by atoms with van der Waals surface area (Å²) in [6.07, 6.45) is 0. The highest BCUT2D eigenvalue weighted by Crippen LogP contribution is 2.29. The zero-order valence-electron chi connectivity index (χ0n) is 11.4. The molecule has 1 N–H and O–H groups in total. The van der Waals surface area contributed by atoms with Gasteiger partial charge in [-0.3, -0.25) is 4.90 Å². The highest BCUT2D eigenvalue weighted by Gasteiger charge is 2.23. The number of hydrogen-bond acceptors (Lipinski definition) is 2. The van der Waals surface area contributed by atoms with Crippen molar-refractivity contribution < 1.29 is 0 Å². The van der Waals surface area contributed by atoms with Gasteiger partial charge in [-0.25, -0.2) is 0 Å². The summed E-state index contributed by atoms with van der Waals surface area (Å²) in [6.45, 7) is 4.32. The summed E-state index contributed by atoms with van der Waals surface area (Å²) in [6, 6.07) is 19.9. The van der Waals surface area contributed by atoms with E-state index in [9.17, 15) is 0 Å². The van der Waals surface area contributed by atoms with E-state index in [0.717, 1.165) is 30.7 Å². The number of rotatable bonds is 3. The van der Waals surface area contributed by atoms with E-state index in [1.807, 2.05) is 0 Å². The second kappa shape index (κ2) is 6.53. The second-order valence-corrected chi connectivity index (χ2v) is 6.07. The first-order valence-electron chi connectivity index (χ1n) is 7.10. The summed E-state index contributed by atoms with van der Waals surface area (Å²) in [4.78, 5) is 2.56. The van der Waals surface area contributed by atoms with Crippen LogP contribution in [0.5, 0.6) is 0 Å². The first kappa shape index (κ1) is 13.8. The number of hydrogen-bond donors (Lipinski definition) is 1. The molecule has 3 rings (SSSR count). The van der Waals surface area contributed by atoms with E-state index in [0.29, 0.717) is 6.04 Å². The van der Waals surface area contributed by atoms with E-state index in [1.54, 1.807) is 0 Å². The zero-order chi connectivity index (χ0) is 13.8. The van der Waals surface area contributed by atoms with Gasteiger partial charge in [0.2, 0.25) is 0 Å². The second-order valence-electron chi connectivity index (χ2n) is 5.15. The lowest BCUT2D eigenvalue weighted by atomic mass is 9.96. The molecular formula is C17H19BrN2. The minimum absolute atomic E-state index is 0.353. The lowest BCUT2D eigenvalue weighted by Crippen LogP contribution is -2.45. The van der Waals surface area contributed by atoms with Crippen molar-refractivity contribution >= 4 is 15.9 Å². The van der Waals surface area contributed by atoms with E-state index >= 15 is 0 Å². The maximum absolute atomic E-state index is 3.52. The van der Waals surface area contributed by atoms with Crippen LogP contribution in [0.25, 0.3) is 0 Å². The zero-order valence-corrected chi connectivity index (χ0v) is 13.0. The molecule has 0 aliphatic carbocycles. The Morgan fingerprint density at radius 3 is 2.10 bits per heavy atom. The van der Waals surface area contributed by atoms with Gasteiger partial charge >= 0.3 is 0 Å². The van der Waals surface area contributed by atoms with Gasteiger partial charge in [0, 0.05) is 30.7 Å². The largest absolute Gasteiger partial charge is 0.314 e. The Morgan fingerprint density at radius 2 is 1.45 bits per heavy atom. The summed E-state index contributed by atoms with van der Waals surface area (Å²) >= 11 is 3.52. The molecule has 1 heterocycles. The lowest BCUT2D eigenvalue weighted by Gasteiger charge is -2.35. The van der Waals surface area contributed by atoms with Gasteiger partial charge < -0.3 is 5.32 Å². The maximum Gasteiger partial charge on any atom is 0.0602 e. The van der Waals surface area contributed by atoms with Crippen LogP contribution >= 0.6 is 15.9 Å². The van der Waals surface area contributed by atoms with E-state index in [-0.39, 0.29) is 0 Å². The predicted molar refractivity (Wildman–Crippen MR) is 86.9 cm³/mol. The molecule has 20 heavy (non-hydrogen) atoms. The van der Waals surface area contributed by atoms with Crippen LogP contribution in [0, 0.1) is 0 Å². The molecule has 104 valence electrons. The van der Waals surface area contributed by atoms with Gasteiger partial charge in [-0.15, -0.1) is 0 Å². The van der Waals surface area contributed by atoms with Crippen molar-refractivity contribution in [1.29, 1.82) is 0 Å². The fourth-order valence-electron chi connectivity index (χ4n) is 2.83. The van der Waals surface area contributed by atoms with Crippen molar-refractivity contribution in [2.24, 2.45) is 0 Å². The molecule has 3 heteroatoms. The summed E-state index contributed by atoms with van der Waals surface area (Å²) < 4.78 is 1.13. The maximum atomic E-state index is 3.52. The summed E-state index contributed by atoms with van der Waals surface area (Å²) in [5.74, 6) is 0. The van der Waals surface area contributed by atoms with E-state index < -0.39 is 0 Å². The van der Waals surface area contributed by atoms with Gasteiger partial charge in [0.1, 0.15) is 0 Å². The Bertz CT molecular complexity index is 533. The van der Waals surface area contributed by atoms with Gasteiger partial charge in [-0.05, 0) is 23.3 Å². The Labute approximate surface area is 128 Å². The third-order valence-corrected chi connectivity index (χ3v) is 4.35. The molecule has 1 atom stereocenters. The average Bonchev–Trinajstić information content (AvgIpc) is 2.52. The van der Waals surface area contributed by atoms with Crippen LogP contribution in [0.3, 0.4) is 0 Å². The highest BCUT2D eigenvalue weighted by molar-refractivity contribution is 9.10. The smallest absolute Gasteiger partial charge is 0.0602 e. The fraction of sp³-hybridized carbons (Fsp3) is 0.294. The quantitative estimate of drug-likeness (QED) is 0.927. The summed E-state index contributed by atoms with van der Waals surface area (Å²) in [5.41, 5.74) is 2.73. The van der Waals surface area contributed by atoms with Crippen molar-refractivity contribution in [3.05, 3.63) is 70.2 Å². The molecule has 1 fully saturated rings. The van der Waals surface area contributed by atoms with Crippen LogP contribution < -0.4 is 5.32 Å². The Balaban J connectivity index is 1.96. The summed E-state index contributed by atoms with van der Waals surface area (Å²) in [7, 11) is 0. The molecule has 2 aromatic rings. The fourth-order valence-corrected chi connectivity index (χ4v) is 3.10. The van der Waals surface area contributed by atoms with E-state index in [2.05, 4.69) is 80.7 Å². The molecule has 1 saturated heterocycles. The molecule has 0 spiro atoms. The van der Waals surface area contributed by atoms with Crippen LogP contribution in [-0.4, -0.2) is 31.1 Å². The molecule has 1 unspecified atom stereocenters. The van der Waals surface area contributed by atoms with Gasteiger partial charge in [0.15, 0.2) is 0 Å². The number of nitrogens with zero attached hydrogens (tertiary/aromatic N) is 1. The molecule has 1 aliphatic rings. The average molecular weight is 331 g/mol. The molecule has 2 aromatic carbocycles. The molecule has 0 bridgehead atoms. The number of benzene rings is 2. The van der Waals surface area contributed by atoms with Gasteiger partial charge in [0.05, 0.1) is 6.04 Å². The third-order valence-electron chi connectivity index (χ3n) is 3.82. The Morgan fingerprint density at radius 1 is 0.850 bits per heavy atom. The van der Waals surface area contributed by atoms with Crippen LogP contribution in [0.15, 0.2) is 59.1 Å². The van der Waals surface area contributed by atoms with E-state index in [1.165, 1.54) is 11.1 Å². The Kier molecular flexibility index (Phi) is 4.51. The minimum atomic E-state index is 0.353. The van der Waals surface area contributed by atoms with Crippen LogP contribution in [-0.2, 0) is 0 Å². The Hall–Kier alpha value is -1.16.